The number of nitrogens with one attached hydrogen (secondary N) is 2. The van der Waals surface area contributed by atoms with Gasteiger partial charge in [0.25, 0.3) is 5.91 Å². The quantitative estimate of drug-likeness (QED) is 0.901. The molecule has 0 radical (unpaired) electrons. The highest BCUT2D eigenvalue weighted by molar-refractivity contribution is 6.31. The van der Waals surface area contributed by atoms with Crippen molar-refractivity contribution in [1.29, 1.82) is 0 Å². The van der Waals surface area contributed by atoms with Crippen LogP contribution >= 0.6 is 11.6 Å². The second-order valence-electron chi connectivity index (χ2n) is 5.39. The molecule has 0 aliphatic heterocycles. The predicted molar refractivity (Wildman–Crippen MR) is 84.3 cm³/mol. The molecule has 3 rings (SSSR count). The molecule has 1 aliphatic carbocycles. The highest BCUT2D eigenvalue weighted by Gasteiger charge is 2.28. The van der Waals surface area contributed by atoms with E-state index in [9.17, 15) is 4.79 Å². The first kappa shape index (κ1) is 15.0. The number of aromatic nitrogens is 3. The summed E-state index contributed by atoms with van der Waals surface area (Å²) in [6.07, 6.45) is 6.31. The first-order valence-corrected chi connectivity index (χ1v) is 7.71. The molecule has 116 valence electrons. The van der Waals surface area contributed by atoms with Crippen molar-refractivity contribution in [3.8, 4) is 5.69 Å². The molecular formula is C15H18ClN5O. The molecule has 1 heterocycles. The molecule has 1 fully saturated rings. The lowest BCUT2D eigenvalue weighted by atomic mass is 10.1. The maximum Gasteiger partial charge on any atom is 0.253 e. The van der Waals surface area contributed by atoms with Gasteiger partial charge in [-0.3, -0.25) is 4.79 Å². The van der Waals surface area contributed by atoms with E-state index in [2.05, 4.69) is 20.8 Å². The molecule has 0 unspecified atom stereocenters. The largest absolute Gasteiger partial charge is 0.348 e. The van der Waals surface area contributed by atoms with Crippen LogP contribution in [0.1, 0.15) is 29.6 Å². The van der Waals surface area contributed by atoms with Gasteiger partial charge in [-0.15, -0.1) is 0 Å². The van der Waals surface area contributed by atoms with Crippen LogP contribution in [0.3, 0.4) is 0 Å². The molecule has 2 atom stereocenters. The maximum atomic E-state index is 12.7. The van der Waals surface area contributed by atoms with Crippen molar-refractivity contribution in [3.63, 3.8) is 0 Å². The van der Waals surface area contributed by atoms with E-state index in [1.165, 1.54) is 4.80 Å². The molecule has 1 amide bonds. The minimum atomic E-state index is -0.151. The summed E-state index contributed by atoms with van der Waals surface area (Å²) in [6.45, 7) is 0. The third-order valence-corrected chi connectivity index (χ3v) is 4.28. The van der Waals surface area contributed by atoms with Crippen LogP contribution in [-0.4, -0.2) is 40.0 Å². The minimum Gasteiger partial charge on any atom is -0.348 e. The summed E-state index contributed by atoms with van der Waals surface area (Å²) in [4.78, 5) is 14.1. The van der Waals surface area contributed by atoms with Gasteiger partial charge in [-0.05, 0) is 44.5 Å². The van der Waals surface area contributed by atoms with Crippen LogP contribution < -0.4 is 10.6 Å². The number of amides is 1. The smallest absolute Gasteiger partial charge is 0.253 e. The fraction of sp³-hybridized carbons (Fsp3) is 0.400. The van der Waals surface area contributed by atoms with Gasteiger partial charge in [0, 0.05) is 17.1 Å². The molecule has 7 heteroatoms. The number of carbonyl (C=O) groups excluding carboxylic acids is 1. The summed E-state index contributed by atoms with van der Waals surface area (Å²) in [5.41, 5.74) is 1.09. The highest BCUT2D eigenvalue weighted by atomic mass is 35.5. The highest BCUT2D eigenvalue weighted by Crippen LogP contribution is 2.22. The minimum absolute atomic E-state index is 0.134. The van der Waals surface area contributed by atoms with E-state index in [4.69, 9.17) is 11.6 Å². The van der Waals surface area contributed by atoms with Gasteiger partial charge in [-0.1, -0.05) is 11.6 Å². The molecule has 6 nitrogen and oxygen atoms in total. The summed E-state index contributed by atoms with van der Waals surface area (Å²) >= 11 is 6.05. The van der Waals surface area contributed by atoms with Gasteiger partial charge in [-0.2, -0.15) is 15.0 Å². The number of nitrogens with zero attached hydrogens (tertiary/aromatic N) is 3. The van der Waals surface area contributed by atoms with E-state index in [0.29, 0.717) is 22.3 Å². The zero-order chi connectivity index (χ0) is 15.5. The van der Waals surface area contributed by atoms with E-state index >= 15 is 0 Å². The predicted octanol–water partition coefficient (Wildman–Crippen LogP) is 1.79. The van der Waals surface area contributed by atoms with Crippen LogP contribution in [-0.2, 0) is 0 Å². The monoisotopic (exact) mass is 319 g/mol. The average Bonchev–Trinajstić information content (AvgIpc) is 3.18. The molecule has 0 saturated heterocycles. The Hall–Kier alpha value is -1.92. The summed E-state index contributed by atoms with van der Waals surface area (Å²) in [7, 11) is 1.92. The second kappa shape index (κ2) is 6.46. The third-order valence-electron chi connectivity index (χ3n) is 4.04. The van der Waals surface area contributed by atoms with Crippen LogP contribution in [0.5, 0.6) is 0 Å². The average molecular weight is 320 g/mol. The molecule has 0 spiro atoms. The van der Waals surface area contributed by atoms with Gasteiger partial charge in [0.15, 0.2) is 0 Å². The van der Waals surface area contributed by atoms with Crippen LogP contribution in [0, 0.1) is 0 Å². The summed E-state index contributed by atoms with van der Waals surface area (Å²) in [6, 6.07) is 5.58. The Morgan fingerprint density at radius 1 is 1.27 bits per heavy atom. The van der Waals surface area contributed by atoms with E-state index < -0.39 is 0 Å². The zero-order valence-corrected chi connectivity index (χ0v) is 13.0. The lowest BCUT2D eigenvalue weighted by Gasteiger charge is -2.21. The standard InChI is InChI=1S/C15H18ClN5O/c1-17-12-3-2-4-13(12)20-15(22)11-9-10(16)5-6-14(11)21-18-7-8-19-21/h5-9,12-13,17H,2-4H2,1H3,(H,20,22)/t12-,13-/m0/s1. The van der Waals surface area contributed by atoms with Crippen LogP contribution in [0.25, 0.3) is 5.69 Å². The number of carbonyl (C=O) groups is 1. The number of hydrogen-bond donors (Lipinski definition) is 2. The number of likely N-dealkylation sites (N-methyl/N-ethyl adjacent to an activating group) is 1. The molecular weight excluding hydrogens is 302 g/mol. The lowest BCUT2D eigenvalue weighted by Crippen LogP contribution is -2.45. The molecule has 1 aromatic carbocycles. The van der Waals surface area contributed by atoms with E-state index in [1.54, 1.807) is 30.6 Å². The van der Waals surface area contributed by atoms with Gasteiger partial charge >= 0.3 is 0 Å². The molecule has 2 N–H and O–H groups in total. The Kier molecular flexibility index (Phi) is 4.40. The summed E-state index contributed by atoms with van der Waals surface area (Å²) in [5, 5.41) is 15.0. The Morgan fingerprint density at radius 2 is 2.00 bits per heavy atom. The van der Waals surface area contributed by atoms with Crippen molar-refractivity contribution in [2.75, 3.05) is 7.05 Å². The third kappa shape index (κ3) is 2.98. The number of benzene rings is 1. The van der Waals surface area contributed by atoms with Crippen LogP contribution in [0.4, 0.5) is 0 Å². The van der Waals surface area contributed by atoms with Gasteiger partial charge in [-0.25, -0.2) is 0 Å². The van der Waals surface area contributed by atoms with E-state index in [0.717, 1.165) is 19.3 Å². The molecule has 0 bridgehead atoms. The van der Waals surface area contributed by atoms with Gasteiger partial charge in [0.2, 0.25) is 0 Å². The molecule has 1 aromatic heterocycles. The van der Waals surface area contributed by atoms with Crippen molar-refractivity contribution in [3.05, 3.63) is 41.2 Å². The van der Waals surface area contributed by atoms with Gasteiger partial charge in [0.05, 0.1) is 23.6 Å². The van der Waals surface area contributed by atoms with Gasteiger partial charge < -0.3 is 10.6 Å². The zero-order valence-electron chi connectivity index (χ0n) is 12.3. The molecule has 1 saturated carbocycles. The number of rotatable bonds is 4. The first-order chi connectivity index (χ1) is 10.7. The fourth-order valence-electron chi connectivity index (χ4n) is 2.93. The molecule has 22 heavy (non-hydrogen) atoms. The van der Waals surface area contributed by atoms with E-state index in [-0.39, 0.29) is 11.9 Å². The number of halogens is 1. The maximum absolute atomic E-state index is 12.7. The lowest BCUT2D eigenvalue weighted by molar-refractivity contribution is 0.0932. The fourth-order valence-corrected chi connectivity index (χ4v) is 3.10. The Balaban J connectivity index is 1.87. The van der Waals surface area contributed by atoms with Crippen molar-refractivity contribution < 1.29 is 4.79 Å². The van der Waals surface area contributed by atoms with Crippen molar-refractivity contribution in [2.24, 2.45) is 0 Å². The van der Waals surface area contributed by atoms with E-state index in [1.807, 2.05) is 7.05 Å². The summed E-state index contributed by atoms with van der Waals surface area (Å²) < 4.78 is 0. The Morgan fingerprint density at radius 3 is 2.73 bits per heavy atom. The van der Waals surface area contributed by atoms with Crippen LogP contribution in [0.2, 0.25) is 5.02 Å². The number of hydrogen-bond acceptors (Lipinski definition) is 4. The Labute approximate surface area is 133 Å². The summed E-state index contributed by atoms with van der Waals surface area (Å²) in [5.74, 6) is -0.151. The van der Waals surface area contributed by atoms with Crippen LogP contribution in [0.15, 0.2) is 30.6 Å². The molecule has 1 aliphatic rings. The topological polar surface area (TPSA) is 71.8 Å². The van der Waals surface area contributed by atoms with Crippen molar-refractivity contribution >= 4 is 17.5 Å². The second-order valence-corrected chi connectivity index (χ2v) is 5.82. The Bertz CT molecular complexity index is 658. The SMILES string of the molecule is CN[C@H]1CCC[C@@H]1NC(=O)c1cc(Cl)ccc1-n1nccn1. The van der Waals surface area contributed by atoms with Crippen molar-refractivity contribution in [1.82, 2.24) is 25.6 Å². The van der Waals surface area contributed by atoms with Gasteiger partial charge in [0.1, 0.15) is 0 Å². The first-order valence-electron chi connectivity index (χ1n) is 7.33. The normalized spacial score (nSPS) is 21.0. The van der Waals surface area contributed by atoms with Crippen molar-refractivity contribution in [2.45, 2.75) is 31.3 Å². The molecule has 2 aromatic rings.